The summed E-state index contributed by atoms with van der Waals surface area (Å²) in [5, 5.41) is 1.35. The maximum Gasteiger partial charge on any atom is 0.144 e. The SMILES string of the molecule is Cc1cnc2c(c1)c1c(n2/C=C2\CCCc3nc(C)ccc32)CC2CCC(C)CN2C1. The van der Waals surface area contributed by atoms with Crippen molar-refractivity contribution in [1.82, 2.24) is 19.4 Å². The largest absolute Gasteiger partial charge is 0.304 e. The number of nitrogens with zero attached hydrogens (tertiary/aromatic N) is 4. The van der Waals surface area contributed by atoms with E-state index in [-0.39, 0.29) is 0 Å². The normalized spacial score (nSPS) is 24.8. The van der Waals surface area contributed by atoms with Gasteiger partial charge in [-0.3, -0.25) is 9.88 Å². The molecule has 2 unspecified atom stereocenters. The molecule has 2 aliphatic heterocycles. The third-order valence-electron chi connectivity index (χ3n) is 7.65. The van der Waals surface area contributed by atoms with Crippen molar-refractivity contribution in [2.24, 2.45) is 5.92 Å². The summed E-state index contributed by atoms with van der Waals surface area (Å²) in [4.78, 5) is 12.5. The molecule has 0 spiro atoms. The van der Waals surface area contributed by atoms with Gasteiger partial charge in [0.05, 0.1) is 0 Å². The average molecular weight is 413 g/mol. The lowest BCUT2D eigenvalue weighted by Crippen LogP contribution is -2.46. The van der Waals surface area contributed by atoms with Crippen molar-refractivity contribution in [3.05, 3.63) is 58.2 Å². The van der Waals surface area contributed by atoms with Crippen molar-refractivity contribution in [3.63, 3.8) is 0 Å². The van der Waals surface area contributed by atoms with Gasteiger partial charge in [-0.15, -0.1) is 0 Å². The number of rotatable bonds is 1. The highest BCUT2D eigenvalue weighted by Crippen LogP contribution is 2.38. The van der Waals surface area contributed by atoms with Crippen LogP contribution in [0.3, 0.4) is 0 Å². The Morgan fingerprint density at radius 1 is 1.13 bits per heavy atom. The van der Waals surface area contributed by atoms with Crippen LogP contribution in [0.15, 0.2) is 24.4 Å². The van der Waals surface area contributed by atoms with Gasteiger partial charge in [0.25, 0.3) is 0 Å². The second-order valence-electron chi connectivity index (χ2n) is 10.1. The number of piperidine rings is 1. The van der Waals surface area contributed by atoms with Gasteiger partial charge in [-0.1, -0.05) is 13.0 Å². The van der Waals surface area contributed by atoms with Crippen LogP contribution in [-0.4, -0.2) is 32.0 Å². The fourth-order valence-corrected chi connectivity index (χ4v) is 6.06. The van der Waals surface area contributed by atoms with E-state index in [1.54, 1.807) is 0 Å². The first-order valence-corrected chi connectivity index (χ1v) is 12.0. The van der Waals surface area contributed by atoms with Gasteiger partial charge in [-0.05, 0) is 80.7 Å². The Kier molecular flexibility index (Phi) is 4.53. The Hall–Kier alpha value is -2.46. The van der Waals surface area contributed by atoms with E-state index in [0.29, 0.717) is 6.04 Å². The molecule has 0 N–H and O–H groups in total. The molecule has 4 nitrogen and oxygen atoms in total. The third kappa shape index (κ3) is 3.23. The average Bonchev–Trinajstić information content (AvgIpc) is 3.04. The van der Waals surface area contributed by atoms with E-state index in [1.807, 2.05) is 6.20 Å². The first-order valence-electron chi connectivity index (χ1n) is 12.0. The number of hydrogen-bond acceptors (Lipinski definition) is 3. The molecule has 3 aliphatic rings. The van der Waals surface area contributed by atoms with Gasteiger partial charge < -0.3 is 4.57 Å². The Morgan fingerprint density at radius 2 is 2.03 bits per heavy atom. The fourth-order valence-electron chi connectivity index (χ4n) is 6.06. The van der Waals surface area contributed by atoms with E-state index < -0.39 is 0 Å². The monoisotopic (exact) mass is 412 g/mol. The molecule has 3 aromatic heterocycles. The molecule has 1 aliphatic carbocycles. The van der Waals surface area contributed by atoms with Crippen molar-refractivity contribution in [2.45, 2.75) is 71.9 Å². The number of fused-ring (bicyclic) bond motifs is 5. The van der Waals surface area contributed by atoms with Crippen molar-refractivity contribution in [1.29, 1.82) is 0 Å². The van der Waals surface area contributed by atoms with Crippen LogP contribution in [-0.2, 0) is 19.4 Å². The van der Waals surface area contributed by atoms with E-state index in [2.05, 4.69) is 54.6 Å². The fraction of sp³-hybridized carbons (Fsp3) is 0.481. The molecule has 0 bridgehead atoms. The molecule has 5 heterocycles. The maximum atomic E-state index is 4.94. The predicted octanol–water partition coefficient (Wildman–Crippen LogP) is 5.54. The van der Waals surface area contributed by atoms with E-state index >= 15 is 0 Å². The van der Waals surface area contributed by atoms with E-state index in [4.69, 9.17) is 9.97 Å². The Balaban J connectivity index is 1.52. The summed E-state index contributed by atoms with van der Waals surface area (Å²) in [5.41, 5.74) is 10.5. The van der Waals surface area contributed by atoms with Crippen LogP contribution in [0.25, 0.3) is 22.8 Å². The number of hydrogen-bond donors (Lipinski definition) is 0. The van der Waals surface area contributed by atoms with Crippen LogP contribution in [0.5, 0.6) is 0 Å². The van der Waals surface area contributed by atoms with Crippen LogP contribution >= 0.6 is 0 Å². The lowest BCUT2D eigenvalue weighted by Gasteiger charge is -2.42. The van der Waals surface area contributed by atoms with Gasteiger partial charge in [-0.25, -0.2) is 4.98 Å². The van der Waals surface area contributed by atoms with Crippen LogP contribution < -0.4 is 0 Å². The summed E-state index contributed by atoms with van der Waals surface area (Å²) in [7, 11) is 0. The zero-order valence-corrected chi connectivity index (χ0v) is 19.0. The first-order chi connectivity index (χ1) is 15.1. The molecule has 4 heteroatoms. The summed E-state index contributed by atoms with van der Waals surface area (Å²) < 4.78 is 2.45. The topological polar surface area (TPSA) is 34.0 Å². The van der Waals surface area contributed by atoms with Gasteiger partial charge in [0.2, 0.25) is 0 Å². The third-order valence-corrected chi connectivity index (χ3v) is 7.65. The molecule has 1 saturated heterocycles. The quantitative estimate of drug-likeness (QED) is 0.526. The maximum absolute atomic E-state index is 4.94. The minimum atomic E-state index is 0.675. The van der Waals surface area contributed by atoms with Crippen molar-refractivity contribution >= 4 is 22.8 Å². The zero-order chi connectivity index (χ0) is 21.1. The van der Waals surface area contributed by atoms with Crippen LogP contribution in [0, 0.1) is 19.8 Å². The minimum absolute atomic E-state index is 0.675. The molecule has 0 saturated carbocycles. The Bertz CT molecular complexity index is 1200. The van der Waals surface area contributed by atoms with Crippen LogP contribution in [0.1, 0.15) is 66.4 Å². The van der Waals surface area contributed by atoms with Gasteiger partial charge in [-0.2, -0.15) is 0 Å². The second-order valence-corrected chi connectivity index (χ2v) is 10.1. The second kappa shape index (κ2) is 7.30. The first kappa shape index (κ1) is 19.2. The summed E-state index contributed by atoms with van der Waals surface area (Å²) in [5.74, 6) is 0.808. The summed E-state index contributed by atoms with van der Waals surface area (Å²) in [6.07, 6.45) is 11.6. The highest BCUT2D eigenvalue weighted by atomic mass is 15.2. The number of aromatic nitrogens is 3. The molecule has 160 valence electrons. The molecule has 2 atom stereocenters. The van der Waals surface area contributed by atoms with Crippen molar-refractivity contribution in [2.75, 3.05) is 6.54 Å². The Labute approximate surface area is 185 Å². The molecule has 31 heavy (non-hydrogen) atoms. The van der Waals surface area contributed by atoms with Gasteiger partial charge in [0.15, 0.2) is 0 Å². The molecule has 6 rings (SSSR count). The molecule has 0 amide bonds. The lowest BCUT2D eigenvalue weighted by atomic mass is 9.87. The number of pyridine rings is 2. The summed E-state index contributed by atoms with van der Waals surface area (Å²) >= 11 is 0. The standard InChI is InChI=1S/C27H32N4/c1-17-7-9-21-12-26-24(16-30(21)14-17)23-11-18(2)13-28-27(23)31(26)15-20-5-4-6-25-22(20)10-8-19(3)29-25/h8,10-11,13,15,17,21H,4-7,9,12,14,16H2,1-3H3/b20-15+. The molecular weight excluding hydrogens is 380 g/mol. The van der Waals surface area contributed by atoms with Crippen LogP contribution in [0.4, 0.5) is 0 Å². The van der Waals surface area contributed by atoms with E-state index in [0.717, 1.165) is 43.1 Å². The van der Waals surface area contributed by atoms with E-state index in [9.17, 15) is 0 Å². The highest BCUT2D eigenvalue weighted by molar-refractivity contribution is 5.88. The molecular formula is C27H32N4. The molecule has 0 aromatic carbocycles. The predicted molar refractivity (Wildman–Crippen MR) is 127 cm³/mol. The van der Waals surface area contributed by atoms with Gasteiger partial charge in [0, 0.05) is 66.0 Å². The highest BCUT2D eigenvalue weighted by Gasteiger charge is 2.34. The van der Waals surface area contributed by atoms with Gasteiger partial charge in [0.1, 0.15) is 5.65 Å². The molecule has 0 radical (unpaired) electrons. The van der Waals surface area contributed by atoms with Crippen molar-refractivity contribution < 1.29 is 0 Å². The summed E-state index contributed by atoms with van der Waals surface area (Å²) in [6.45, 7) is 8.96. The van der Waals surface area contributed by atoms with Crippen LogP contribution in [0.2, 0.25) is 0 Å². The molecule has 3 aromatic rings. The van der Waals surface area contributed by atoms with Gasteiger partial charge >= 0.3 is 0 Å². The lowest BCUT2D eigenvalue weighted by molar-refractivity contribution is 0.0951. The number of aryl methyl sites for hydroxylation is 3. The van der Waals surface area contributed by atoms with E-state index in [1.165, 1.54) is 64.8 Å². The minimum Gasteiger partial charge on any atom is -0.304 e. The number of allylic oxidation sites excluding steroid dienone is 1. The zero-order valence-electron chi connectivity index (χ0n) is 19.0. The summed E-state index contributed by atoms with van der Waals surface area (Å²) in [6, 6.07) is 7.46. The Morgan fingerprint density at radius 3 is 2.94 bits per heavy atom. The smallest absolute Gasteiger partial charge is 0.144 e. The van der Waals surface area contributed by atoms with Crippen molar-refractivity contribution in [3.8, 4) is 0 Å². The molecule has 1 fully saturated rings.